The lowest BCUT2D eigenvalue weighted by Crippen LogP contribution is -2.40. The summed E-state index contributed by atoms with van der Waals surface area (Å²) in [7, 11) is -1.54. The highest BCUT2D eigenvalue weighted by molar-refractivity contribution is 7.98. The predicted molar refractivity (Wildman–Crippen MR) is 125 cm³/mol. The van der Waals surface area contributed by atoms with Crippen molar-refractivity contribution in [1.82, 2.24) is 23.4 Å². The highest BCUT2D eigenvalue weighted by Gasteiger charge is 2.27. The maximum atomic E-state index is 13.0. The molecule has 1 aliphatic rings. The number of hydrogen-bond acceptors (Lipinski definition) is 6. The fourth-order valence-corrected chi connectivity index (χ4v) is 6.46. The van der Waals surface area contributed by atoms with E-state index < -0.39 is 10.0 Å². The molecule has 0 N–H and O–H groups in total. The van der Waals surface area contributed by atoms with Crippen molar-refractivity contribution < 1.29 is 13.2 Å². The van der Waals surface area contributed by atoms with Gasteiger partial charge in [-0.15, -0.1) is 0 Å². The smallest absolute Gasteiger partial charge is 0.243 e. The lowest BCUT2D eigenvalue weighted by molar-refractivity contribution is 0.0730. The number of fused-ring (bicyclic) bond motifs is 2. The molecule has 5 rings (SSSR count). The minimum atomic E-state index is -3.55. The van der Waals surface area contributed by atoms with Crippen molar-refractivity contribution in [2.75, 3.05) is 26.3 Å². The minimum absolute atomic E-state index is 0.280. The number of morpholine rings is 1. The van der Waals surface area contributed by atoms with E-state index in [1.165, 1.54) is 4.31 Å². The number of para-hydroxylation sites is 2. The molecular weight excluding hydrogens is 446 g/mol. The molecule has 2 aromatic heterocycles. The molecule has 0 radical (unpaired) electrons. The number of sulfonamides is 1. The van der Waals surface area contributed by atoms with E-state index in [2.05, 4.69) is 22.1 Å². The lowest BCUT2D eigenvalue weighted by Gasteiger charge is -2.26. The quantitative estimate of drug-likeness (QED) is 0.402. The van der Waals surface area contributed by atoms with Gasteiger partial charge < -0.3 is 13.9 Å². The van der Waals surface area contributed by atoms with E-state index in [9.17, 15) is 8.42 Å². The number of nitrogens with zero attached hydrogens (tertiary/aromatic N) is 5. The molecule has 168 valence electrons. The molecule has 4 aromatic rings. The van der Waals surface area contributed by atoms with Gasteiger partial charge in [0.1, 0.15) is 5.82 Å². The van der Waals surface area contributed by atoms with Crippen LogP contribution in [0.3, 0.4) is 0 Å². The molecule has 10 heteroatoms. The number of rotatable bonds is 6. The zero-order valence-corrected chi connectivity index (χ0v) is 19.7. The first-order valence-corrected chi connectivity index (χ1v) is 13.0. The van der Waals surface area contributed by atoms with E-state index >= 15 is 0 Å². The molecule has 32 heavy (non-hydrogen) atoms. The Morgan fingerprint density at radius 1 is 1.03 bits per heavy atom. The number of benzene rings is 2. The molecule has 2 aromatic carbocycles. The summed E-state index contributed by atoms with van der Waals surface area (Å²) in [6.07, 6.45) is 0. The van der Waals surface area contributed by atoms with Crippen molar-refractivity contribution in [2.24, 2.45) is 7.05 Å². The summed E-state index contributed by atoms with van der Waals surface area (Å²) < 4.78 is 37.1. The Morgan fingerprint density at radius 2 is 1.81 bits per heavy atom. The second-order valence-corrected chi connectivity index (χ2v) is 10.6. The molecule has 3 heterocycles. The third-order valence-electron chi connectivity index (χ3n) is 5.80. The van der Waals surface area contributed by atoms with Crippen LogP contribution >= 0.6 is 11.8 Å². The van der Waals surface area contributed by atoms with Gasteiger partial charge in [0.2, 0.25) is 10.0 Å². The molecule has 0 atom stereocenters. The van der Waals surface area contributed by atoms with Crippen molar-refractivity contribution in [3.05, 3.63) is 48.3 Å². The van der Waals surface area contributed by atoms with E-state index in [-0.39, 0.29) is 4.90 Å². The van der Waals surface area contributed by atoms with Crippen molar-refractivity contribution in [2.45, 2.75) is 29.3 Å². The van der Waals surface area contributed by atoms with Gasteiger partial charge in [-0.05, 0) is 37.3 Å². The number of aryl methyl sites for hydroxylation is 2. The standard InChI is InChI=1S/C22H25N5O3S2/c1-3-27-20-9-8-16(32(28,29)26-10-12-30-13-11-26)14-18(20)23-21(27)15-31-22-24-17-6-4-5-7-19(17)25(22)2/h4-9,14H,3,10-13,15H2,1-2H3. The van der Waals surface area contributed by atoms with Crippen LogP contribution in [0, 0.1) is 0 Å². The first-order chi connectivity index (χ1) is 15.5. The van der Waals surface area contributed by atoms with Crippen LogP contribution < -0.4 is 0 Å². The average Bonchev–Trinajstić information content (AvgIpc) is 3.34. The number of ether oxygens (including phenoxy) is 1. The molecule has 0 saturated carbocycles. The Balaban J connectivity index is 1.45. The second kappa shape index (κ2) is 8.51. The van der Waals surface area contributed by atoms with Crippen LogP contribution in [0.2, 0.25) is 0 Å². The van der Waals surface area contributed by atoms with Gasteiger partial charge in [0.05, 0.1) is 45.9 Å². The first kappa shape index (κ1) is 21.4. The predicted octanol–water partition coefficient (Wildman–Crippen LogP) is 3.26. The molecular formula is C22H25N5O3S2. The van der Waals surface area contributed by atoms with Crippen LogP contribution in [0.5, 0.6) is 0 Å². The Hall–Kier alpha value is -2.40. The van der Waals surface area contributed by atoms with Crippen LogP contribution in [-0.2, 0) is 34.1 Å². The van der Waals surface area contributed by atoms with Gasteiger partial charge in [0.15, 0.2) is 5.16 Å². The number of aromatic nitrogens is 4. The van der Waals surface area contributed by atoms with Gasteiger partial charge in [-0.25, -0.2) is 18.4 Å². The first-order valence-electron chi connectivity index (χ1n) is 10.6. The zero-order chi connectivity index (χ0) is 22.3. The van der Waals surface area contributed by atoms with Crippen LogP contribution in [-0.4, -0.2) is 58.1 Å². The molecule has 1 aliphatic heterocycles. The molecule has 1 fully saturated rings. The number of hydrogen-bond donors (Lipinski definition) is 0. The monoisotopic (exact) mass is 471 g/mol. The highest BCUT2D eigenvalue weighted by atomic mass is 32.2. The maximum absolute atomic E-state index is 13.0. The summed E-state index contributed by atoms with van der Waals surface area (Å²) in [6, 6.07) is 13.3. The van der Waals surface area contributed by atoms with Crippen LogP contribution in [0.15, 0.2) is 52.5 Å². The molecule has 0 amide bonds. The van der Waals surface area contributed by atoms with Gasteiger partial charge in [-0.3, -0.25) is 0 Å². The van der Waals surface area contributed by atoms with Crippen LogP contribution in [0.1, 0.15) is 12.7 Å². The molecule has 0 spiro atoms. The Labute approximate surface area is 191 Å². The van der Waals surface area contributed by atoms with Crippen molar-refractivity contribution in [1.29, 1.82) is 0 Å². The second-order valence-electron chi connectivity index (χ2n) is 7.67. The summed E-state index contributed by atoms with van der Waals surface area (Å²) in [6.45, 7) is 4.44. The fourth-order valence-electron chi connectivity index (χ4n) is 4.10. The summed E-state index contributed by atoms with van der Waals surface area (Å²) >= 11 is 1.63. The van der Waals surface area contributed by atoms with E-state index in [1.807, 2.05) is 31.3 Å². The van der Waals surface area contributed by atoms with Crippen molar-refractivity contribution in [3.63, 3.8) is 0 Å². The third kappa shape index (κ3) is 3.71. The Bertz CT molecular complexity index is 1390. The molecule has 0 bridgehead atoms. The molecule has 1 saturated heterocycles. The number of imidazole rings is 2. The van der Waals surface area contributed by atoms with Gasteiger partial charge >= 0.3 is 0 Å². The van der Waals surface area contributed by atoms with Crippen LogP contribution in [0.25, 0.3) is 22.1 Å². The normalized spacial score (nSPS) is 15.7. The molecule has 0 unspecified atom stereocenters. The summed E-state index contributed by atoms with van der Waals surface area (Å²) in [5.74, 6) is 1.55. The van der Waals surface area contributed by atoms with E-state index in [4.69, 9.17) is 14.7 Å². The minimum Gasteiger partial charge on any atom is -0.379 e. The highest BCUT2D eigenvalue weighted by Crippen LogP contribution is 2.28. The Morgan fingerprint density at radius 3 is 2.56 bits per heavy atom. The largest absolute Gasteiger partial charge is 0.379 e. The van der Waals surface area contributed by atoms with Gasteiger partial charge in [-0.2, -0.15) is 4.31 Å². The molecule has 0 aliphatic carbocycles. The summed E-state index contributed by atoms with van der Waals surface area (Å²) in [4.78, 5) is 9.81. The summed E-state index contributed by atoms with van der Waals surface area (Å²) in [5, 5.41) is 0.927. The van der Waals surface area contributed by atoms with Crippen molar-refractivity contribution in [3.8, 4) is 0 Å². The third-order valence-corrected chi connectivity index (χ3v) is 8.72. The van der Waals surface area contributed by atoms with Gasteiger partial charge in [-0.1, -0.05) is 23.9 Å². The lowest BCUT2D eigenvalue weighted by atomic mass is 10.3. The average molecular weight is 472 g/mol. The van der Waals surface area contributed by atoms with Crippen LogP contribution in [0.4, 0.5) is 0 Å². The van der Waals surface area contributed by atoms with Crippen molar-refractivity contribution >= 4 is 43.9 Å². The van der Waals surface area contributed by atoms with Gasteiger partial charge in [0, 0.05) is 26.7 Å². The van der Waals surface area contributed by atoms with E-state index in [0.717, 1.165) is 34.1 Å². The SMILES string of the molecule is CCn1c(CSc2nc3ccccc3n2C)nc2cc(S(=O)(=O)N3CCOCC3)ccc21. The number of thioether (sulfide) groups is 1. The maximum Gasteiger partial charge on any atom is 0.243 e. The van der Waals surface area contributed by atoms with E-state index in [1.54, 1.807) is 23.9 Å². The topological polar surface area (TPSA) is 82.2 Å². The molecule has 8 nitrogen and oxygen atoms in total. The zero-order valence-electron chi connectivity index (χ0n) is 18.1. The van der Waals surface area contributed by atoms with Gasteiger partial charge in [0.25, 0.3) is 0 Å². The summed E-state index contributed by atoms with van der Waals surface area (Å²) in [5.41, 5.74) is 3.70. The van der Waals surface area contributed by atoms with E-state index in [0.29, 0.717) is 37.6 Å². The Kier molecular flexibility index (Phi) is 5.70. The fraction of sp³-hybridized carbons (Fsp3) is 0.364.